The van der Waals surface area contributed by atoms with Crippen LogP contribution in [0, 0.1) is 6.92 Å². The van der Waals surface area contributed by atoms with Crippen LogP contribution < -0.4 is 11.1 Å². The molecule has 0 bridgehead atoms. The molecule has 0 aliphatic carbocycles. The van der Waals surface area contributed by atoms with Crippen LogP contribution in [-0.2, 0) is 6.42 Å². The molecule has 0 radical (unpaired) electrons. The van der Waals surface area contributed by atoms with Crippen molar-refractivity contribution < 1.29 is 4.79 Å². The highest BCUT2D eigenvalue weighted by molar-refractivity contribution is 7.14. The number of aryl methyl sites for hydroxylation is 1. The standard InChI is InChI=1S/C14H16N2OS/c1-10-12(15)9-13(18-10)14(17)16-8-7-11-5-3-2-4-6-11/h2-6,9H,7-8,15H2,1H3,(H,16,17). The van der Waals surface area contributed by atoms with Crippen LogP contribution in [-0.4, -0.2) is 12.5 Å². The average molecular weight is 260 g/mol. The molecule has 1 heterocycles. The predicted octanol–water partition coefficient (Wildman–Crippen LogP) is 2.61. The lowest BCUT2D eigenvalue weighted by Crippen LogP contribution is -2.24. The van der Waals surface area contributed by atoms with Gasteiger partial charge in [-0.2, -0.15) is 0 Å². The number of carbonyl (C=O) groups is 1. The summed E-state index contributed by atoms with van der Waals surface area (Å²) in [6.45, 7) is 2.56. The molecule has 1 aromatic carbocycles. The second-order valence-corrected chi connectivity index (χ2v) is 5.37. The molecule has 2 aromatic rings. The molecule has 94 valence electrons. The Morgan fingerprint density at radius 1 is 1.33 bits per heavy atom. The number of nitrogens with two attached hydrogens (primary N) is 1. The Bertz CT molecular complexity index is 514. The van der Waals surface area contributed by atoms with Crippen molar-refractivity contribution in [2.24, 2.45) is 0 Å². The van der Waals surface area contributed by atoms with E-state index in [1.54, 1.807) is 6.07 Å². The molecule has 0 aliphatic rings. The summed E-state index contributed by atoms with van der Waals surface area (Å²) in [5.74, 6) is -0.0456. The number of nitrogen functional groups attached to an aromatic ring is 1. The summed E-state index contributed by atoms with van der Waals surface area (Å²) >= 11 is 1.43. The molecule has 0 saturated carbocycles. The van der Waals surface area contributed by atoms with E-state index in [4.69, 9.17) is 5.73 Å². The Morgan fingerprint density at radius 2 is 2.06 bits per heavy atom. The SMILES string of the molecule is Cc1sc(C(=O)NCCc2ccccc2)cc1N. The third-order valence-corrected chi connectivity index (χ3v) is 3.79. The van der Waals surface area contributed by atoms with Gasteiger partial charge in [0, 0.05) is 17.1 Å². The topological polar surface area (TPSA) is 55.1 Å². The molecule has 0 saturated heterocycles. The van der Waals surface area contributed by atoms with Crippen molar-refractivity contribution in [3.63, 3.8) is 0 Å². The van der Waals surface area contributed by atoms with Crippen molar-refractivity contribution in [1.82, 2.24) is 5.32 Å². The maximum atomic E-state index is 11.8. The summed E-state index contributed by atoms with van der Waals surface area (Å²) in [5, 5.41) is 2.90. The lowest BCUT2D eigenvalue weighted by atomic mass is 10.1. The maximum absolute atomic E-state index is 11.8. The van der Waals surface area contributed by atoms with E-state index >= 15 is 0 Å². The van der Waals surface area contributed by atoms with E-state index in [9.17, 15) is 4.79 Å². The summed E-state index contributed by atoms with van der Waals surface area (Å²) in [7, 11) is 0. The molecule has 3 N–H and O–H groups in total. The van der Waals surface area contributed by atoms with Gasteiger partial charge >= 0.3 is 0 Å². The average Bonchev–Trinajstić information content (AvgIpc) is 2.71. The third-order valence-electron chi connectivity index (χ3n) is 2.72. The zero-order valence-corrected chi connectivity index (χ0v) is 11.1. The fraction of sp³-hybridized carbons (Fsp3) is 0.214. The quantitative estimate of drug-likeness (QED) is 0.888. The molecule has 0 unspecified atom stereocenters. The molecule has 0 atom stereocenters. The Labute approximate surface area is 111 Å². The first-order chi connectivity index (χ1) is 8.66. The van der Waals surface area contributed by atoms with E-state index in [0.717, 1.165) is 11.3 Å². The maximum Gasteiger partial charge on any atom is 0.261 e. The van der Waals surface area contributed by atoms with Crippen molar-refractivity contribution in [2.45, 2.75) is 13.3 Å². The second kappa shape index (κ2) is 5.69. The number of benzene rings is 1. The number of anilines is 1. The highest BCUT2D eigenvalue weighted by atomic mass is 32.1. The minimum Gasteiger partial charge on any atom is -0.398 e. The van der Waals surface area contributed by atoms with E-state index in [2.05, 4.69) is 17.4 Å². The van der Waals surface area contributed by atoms with Crippen molar-refractivity contribution in [3.8, 4) is 0 Å². The first kappa shape index (κ1) is 12.6. The van der Waals surface area contributed by atoms with E-state index in [-0.39, 0.29) is 5.91 Å². The van der Waals surface area contributed by atoms with Gasteiger partial charge in [-0.25, -0.2) is 0 Å². The Kier molecular flexibility index (Phi) is 3.99. The Morgan fingerprint density at radius 3 is 2.67 bits per heavy atom. The van der Waals surface area contributed by atoms with E-state index in [0.29, 0.717) is 17.1 Å². The van der Waals surface area contributed by atoms with Crippen molar-refractivity contribution in [3.05, 3.63) is 51.7 Å². The Balaban J connectivity index is 1.85. The van der Waals surface area contributed by atoms with Gasteiger partial charge in [-0.15, -0.1) is 11.3 Å². The van der Waals surface area contributed by atoms with Crippen LogP contribution in [0.2, 0.25) is 0 Å². The number of rotatable bonds is 4. The van der Waals surface area contributed by atoms with Crippen LogP contribution in [0.25, 0.3) is 0 Å². The van der Waals surface area contributed by atoms with Crippen LogP contribution in [0.5, 0.6) is 0 Å². The summed E-state index contributed by atoms with van der Waals surface area (Å²) in [6.07, 6.45) is 0.840. The molecular weight excluding hydrogens is 244 g/mol. The number of nitrogens with one attached hydrogen (secondary N) is 1. The van der Waals surface area contributed by atoms with Gasteiger partial charge in [-0.1, -0.05) is 30.3 Å². The number of carbonyl (C=O) groups excluding carboxylic acids is 1. The van der Waals surface area contributed by atoms with Gasteiger partial charge in [0.2, 0.25) is 0 Å². The summed E-state index contributed by atoms with van der Waals surface area (Å²) < 4.78 is 0. The molecule has 0 aliphatic heterocycles. The molecule has 18 heavy (non-hydrogen) atoms. The van der Waals surface area contributed by atoms with Gasteiger partial charge in [-0.05, 0) is 25.0 Å². The summed E-state index contributed by atoms with van der Waals surface area (Å²) in [6, 6.07) is 11.8. The van der Waals surface area contributed by atoms with Crippen molar-refractivity contribution in [1.29, 1.82) is 0 Å². The normalized spacial score (nSPS) is 10.3. The zero-order valence-electron chi connectivity index (χ0n) is 10.3. The molecule has 3 nitrogen and oxygen atoms in total. The molecule has 0 fully saturated rings. The smallest absolute Gasteiger partial charge is 0.261 e. The van der Waals surface area contributed by atoms with Gasteiger partial charge in [0.15, 0.2) is 0 Å². The van der Waals surface area contributed by atoms with E-state index < -0.39 is 0 Å². The number of hydrogen-bond acceptors (Lipinski definition) is 3. The molecule has 1 aromatic heterocycles. The molecular formula is C14H16N2OS. The minimum atomic E-state index is -0.0456. The predicted molar refractivity (Wildman–Crippen MR) is 75.9 cm³/mol. The largest absolute Gasteiger partial charge is 0.398 e. The number of thiophene rings is 1. The fourth-order valence-electron chi connectivity index (χ4n) is 1.66. The van der Waals surface area contributed by atoms with Gasteiger partial charge < -0.3 is 11.1 Å². The molecule has 2 rings (SSSR count). The van der Waals surface area contributed by atoms with Crippen LogP contribution in [0.4, 0.5) is 5.69 Å². The van der Waals surface area contributed by atoms with Crippen LogP contribution in [0.1, 0.15) is 20.1 Å². The van der Waals surface area contributed by atoms with Gasteiger partial charge in [-0.3, -0.25) is 4.79 Å². The lowest BCUT2D eigenvalue weighted by molar-refractivity contribution is 0.0958. The van der Waals surface area contributed by atoms with Crippen LogP contribution in [0.3, 0.4) is 0 Å². The summed E-state index contributed by atoms with van der Waals surface area (Å²) in [5.41, 5.74) is 7.64. The monoisotopic (exact) mass is 260 g/mol. The third kappa shape index (κ3) is 3.11. The second-order valence-electron chi connectivity index (χ2n) is 4.11. The number of hydrogen-bond donors (Lipinski definition) is 2. The zero-order chi connectivity index (χ0) is 13.0. The summed E-state index contributed by atoms with van der Waals surface area (Å²) in [4.78, 5) is 13.5. The first-order valence-electron chi connectivity index (χ1n) is 5.85. The van der Waals surface area contributed by atoms with E-state index in [1.165, 1.54) is 16.9 Å². The van der Waals surface area contributed by atoms with Crippen LogP contribution in [0.15, 0.2) is 36.4 Å². The highest BCUT2D eigenvalue weighted by Gasteiger charge is 2.09. The van der Waals surface area contributed by atoms with E-state index in [1.807, 2.05) is 25.1 Å². The lowest BCUT2D eigenvalue weighted by Gasteiger charge is -2.03. The fourth-order valence-corrected chi connectivity index (χ4v) is 2.52. The van der Waals surface area contributed by atoms with Crippen LogP contribution >= 0.6 is 11.3 Å². The molecule has 1 amide bonds. The highest BCUT2D eigenvalue weighted by Crippen LogP contribution is 2.23. The van der Waals surface area contributed by atoms with Crippen molar-refractivity contribution in [2.75, 3.05) is 12.3 Å². The first-order valence-corrected chi connectivity index (χ1v) is 6.66. The van der Waals surface area contributed by atoms with Gasteiger partial charge in [0.1, 0.15) is 0 Å². The van der Waals surface area contributed by atoms with Crippen molar-refractivity contribution >= 4 is 22.9 Å². The Hall–Kier alpha value is -1.81. The number of amides is 1. The molecule has 4 heteroatoms. The minimum absolute atomic E-state index is 0.0456. The molecule has 0 spiro atoms. The van der Waals surface area contributed by atoms with Gasteiger partial charge in [0.05, 0.1) is 4.88 Å². The van der Waals surface area contributed by atoms with Gasteiger partial charge in [0.25, 0.3) is 5.91 Å².